The van der Waals surface area contributed by atoms with Crippen LogP contribution in [0.1, 0.15) is 154 Å². The number of hydrogen-bond donors (Lipinski definition) is 1. The molecule has 1 N–H and O–H groups in total. The highest BCUT2D eigenvalue weighted by Gasteiger charge is 2.66. The van der Waals surface area contributed by atoms with Gasteiger partial charge in [0.15, 0.2) is 23.5 Å². The SMILES string of the molecule is CO[C@H]1C[C@@H](C)CC(C)=C[C@H]2C[C@@H](O)CO[C@@]23C[C@H](OC(C)(C)O3)[C@@H](C)[C@@H](/C(C)=C/[C@@H]2CC[C@@H](O[Si](c3ccccc3)(c3ccccc3)C(C)(C)C)[C@H](OC)C2)OC(=O)[C@@H]2CCCCN2C(=O)[C@@H]2OC(C)(C)O[C@]23O[C@H]1[C@@H](OC)C[C@H]3C. The van der Waals surface area contributed by atoms with Crippen LogP contribution >= 0.6 is 0 Å². The lowest BCUT2D eigenvalue weighted by atomic mass is 9.78. The topological polar surface area (TPSA) is 159 Å². The van der Waals surface area contributed by atoms with Gasteiger partial charge in [-0.1, -0.05) is 120 Å². The van der Waals surface area contributed by atoms with Crippen LogP contribution in [0.3, 0.4) is 0 Å². The summed E-state index contributed by atoms with van der Waals surface area (Å²) in [4.78, 5) is 32.8. The van der Waals surface area contributed by atoms with E-state index in [1.165, 1.54) is 10.4 Å². The second-order valence-electron chi connectivity index (χ2n) is 27.4. The quantitative estimate of drug-likeness (QED) is 0.144. The minimum absolute atomic E-state index is 0.0602. The van der Waals surface area contributed by atoms with Gasteiger partial charge >= 0.3 is 5.97 Å². The zero-order valence-electron chi connectivity index (χ0n) is 52.0. The van der Waals surface area contributed by atoms with E-state index in [0.717, 1.165) is 36.8 Å². The Morgan fingerprint density at radius 2 is 1.40 bits per heavy atom. The molecule has 7 aliphatic rings. The maximum absolute atomic E-state index is 15.6. The number of nitrogens with zero attached hydrogens (tertiary/aromatic N) is 1. The van der Waals surface area contributed by atoms with Gasteiger partial charge in [-0.05, 0) is 139 Å². The number of fused-ring (bicyclic) bond motifs is 3. The third-order valence-electron chi connectivity index (χ3n) is 19.2. The number of carbonyl (C=O) groups is 2. The summed E-state index contributed by atoms with van der Waals surface area (Å²) in [7, 11) is 2.25. The molecule has 17 atom stereocenters. The Morgan fingerprint density at radius 3 is 2.04 bits per heavy atom. The van der Waals surface area contributed by atoms with Gasteiger partial charge in [0.1, 0.15) is 18.2 Å². The van der Waals surface area contributed by atoms with Crippen LogP contribution in [0.25, 0.3) is 0 Å². The standard InChI is InChI=1S/C66H99NO14Si/c1-41-32-42(2)34-54(72-14)58-55(73-15)36-44(4)66(77-58)59(78-64(11,12)81-66)60(69)67-31-23-22-28-51(67)61(70)75-57(45(5)56-39-65(80-63(9,10)76-56)47(33-41)38-48(68)40-74-65)43(3)35-46-29-30-52(53(37-46)71-13)79-82(62(6,7)8,49-24-18-16-19-25-49)50-26-20-17-21-27-50/h16-21,24-27,33,35,42,44-48,51-59,68H,22-23,28-32,34,36-40H2,1-15H3/b41-33?,43-35+/t42-,44+,45+,46-,47-,48+,51-,52+,53+,54-,55-,56-,57+,58+,59-,65+,66-/m0/s1. The average Bonchev–Trinajstić information content (AvgIpc) is 3.87. The molecule has 1 aliphatic carbocycles. The lowest BCUT2D eigenvalue weighted by Crippen LogP contribution is -2.68. The molecule has 0 aromatic heterocycles. The van der Waals surface area contributed by atoms with E-state index in [1.54, 1.807) is 26.2 Å². The first-order chi connectivity index (χ1) is 38.8. The normalized spacial score (nSPS) is 38.9. The summed E-state index contributed by atoms with van der Waals surface area (Å²) >= 11 is 0. The number of esters is 1. The molecule has 2 spiro atoms. The molecule has 1 saturated carbocycles. The van der Waals surface area contributed by atoms with Gasteiger partial charge in [-0.2, -0.15) is 0 Å². The molecule has 5 saturated heterocycles. The van der Waals surface area contributed by atoms with E-state index in [-0.39, 0.29) is 59.5 Å². The molecular formula is C66H99NO14Si. The number of cyclic esters (lactones) is 1. The number of allylic oxidation sites excluding steroid dienone is 2. The Balaban J connectivity index is 1.09. The number of piperidine rings is 1. The van der Waals surface area contributed by atoms with Crippen molar-refractivity contribution in [3.05, 3.63) is 84.0 Å². The third-order valence-corrected chi connectivity index (χ3v) is 24.3. The Hall–Kier alpha value is -3.36. The molecule has 16 heteroatoms. The molecule has 456 valence electrons. The van der Waals surface area contributed by atoms with E-state index < -0.39 is 86.0 Å². The second kappa shape index (κ2) is 25.2. The largest absolute Gasteiger partial charge is 0.456 e. The van der Waals surface area contributed by atoms with Gasteiger partial charge in [-0.25, -0.2) is 4.79 Å². The first-order valence-corrected chi connectivity index (χ1v) is 32.7. The van der Waals surface area contributed by atoms with Gasteiger partial charge in [-0.15, -0.1) is 0 Å². The van der Waals surface area contributed by atoms with Crippen LogP contribution in [0.5, 0.6) is 0 Å². The van der Waals surface area contributed by atoms with Crippen molar-refractivity contribution in [3.8, 4) is 0 Å². The van der Waals surface area contributed by atoms with Crippen molar-refractivity contribution in [1.29, 1.82) is 0 Å². The van der Waals surface area contributed by atoms with Crippen LogP contribution in [0.15, 0.2) is 84.0 Å². The third kappa shape index (κ3) is 12.9. The van der Waals surface area contributed by atoms with E-state index in [1.807, 2.05) is 34.6 Å². The van der Waals surface area contributed by atoms with Gasteiger partial charge in [0.25, 0.3) is 14.2 Å². The van der Waals surface area contributed by atoms with E-state index in [9.17, 15) is 5.11 Å². The molecule has 6 fully saturated rings. The molecule has 0 unspecified atom stereocenters. The van der Waals surface area contributed by atoms with E-state index >= 15 is 9.59 Å². The van der Waals surface area contributed by atoms with E-state index in [2.05, 4.69) is 121 Å². The number of methoxy groups -OCH3 is 3. The molecule has 2 aromatic rings. The summed E-state index contributed by atoms with van der Waals surface area (Å²) < 4.78 is 75.1. The van der Waals surface area contributed by atoms with Gasteiger partial charge in [-0.3, -0.25) is 4.79 Å². The average molecular weight is 1160 g/mol. The summed E-state index contributed by atoms with van der Waals surface area (Å²) in [6, 6.07) is 20.6. The summed E-state index contributed by atoms with van der Waals surface area (Å²) in [6.07, 6.45) is 6.18. The summed E-state index contributed by atoms with van der Waals surface area (Å²) in [5.41, 5.74) is 2.00. The minimum atomic E-state index is -2.91. The Kier molecular flexibility index (Phi) is 19.4. The Labute approximate surface area is 490 Å². The molecule has 6 aliphatic heterocycles. The molecule has 82 heavy (non-hydrogen) atoms. The number of ether oxygens (including phenoxy) is 10. The number of aliphatic hydroxyl groups excluding tert-OH is 1. The van der Waals surface area contributed by atoms with Crippen molar-refractivity contribution < 1.29 is 66.5 Å². The maximum Gasteiger partial charge on any atom is 0.329 e. The van der Waals surface area contributed by atoms with Gasteiger partial charge in [0, 0.05) is 52.0 Å². The van der Waals surface area contributed by atoms with Crippen molar-refractivity contribution >= 4 is 30.6 Å². The van der Waals surface area contributed by atoms with E-state index in [0.29, 0.717) is 51.5 Å². The minimum Gasteiger partial charge on any atom is -0.456 e. The van der Waals surface area contributed by atoms with Gasteiger partial charge < -0.3 is 61.8 Å². The fourth-order valence-corrected chi connectivity index (χ4v) is 20.1. The predicted octanol–water partition coefficient (Wildman–Crippen LogP) is 9.94. The van der Waals surface area contributed by atoms with Crippen molar-refractivity contribution in [1.82, 2.24) is 4.90 Å². The fraction of sp³-hybridized carbons (Fsp3) is 0.727. The lowest BCUT2D eigenvalue weighted by Gasteiger charge is -2.54. The number of hydrogen-bond acceptors (Lipinski definition) is 14. The van der Waals surface area contributed by atoms with Crippen LogP contribution in [0, 0.1) is 29.6 Å². The highest BCUT2D eigenvalue weighted by Crippen LogP contribution is 2.52. The number of benzene rings is 2. The van der Waals surface area contributed by atoms with Crippen molar-refractivity contribution in [3.63, 3.8) is 0 Å². The van der Waals surface area contributed by atoms with Crippen molar-refractivity contribution in [2.24, 2.45) is 29.6 Å². The maximum atomic E-state index is 15.6. The molecule has 4 bridgehead atoms. The number of amides is 1. The molecule has 0 radical (unpaired) electrons. The highest BCUT2D eigenvalue weighted by atomic mass is 28.4. The monoisotopic (exact) mass is 1160 g/mol. The molecule has 2 aromatic carbocycles. The molecular weight excluding hydrogens is 1060 g/mol. The van der Waals surface area contributed by atoms with Crippen molar-refractivity contribution in [2.75, 3.05) is 34.5 Å². The first-order valence-electron chi connectivity index (χ1n) is 30.8. The lowest BCUT2D eigenvalue weighted by molar-refractivity contribution is -0.428. The number of rotatable bonds is 9. The first kappa shape index (κ1) is 63.1. The van der Waals surface area contributed by atoms with Gasteiger partial charge in [0.2, 0.25) is 5.79 Å². The smallest absolute Gasteiger partial charge is 0.329 e. The molecule has 1 amide bonds. The Morgan fingerprint density at radius 1 is 0.768 bits per heavy atom. The highest BCUT2D eigenvalue weighted by molar-refractivity contribution is 6.99. The van der Waals surface area contributed by atoms with Crippen LogP contribution in [0.4, 0.5) is 0 Å². The molecule has 15 nitrogen and oxygen atoms in total. The zero-order chi connectivity index (χ0) is 59.2. The second-order valence-corrected chi connectivity index (χ2v) is 31.6. The summed E-state index contributed by atoms with van der Waals surface area (Å²) in [5.74, 6) is -6.80. The molecule has 6 heterocycles. The number of carbonyl (C=O) groups excluding carboxylic acids is 2. The van der Waals surface area contributed by atoms with Crippen LogP contribution < -0.4 is 10.4 Å². The summed E-state index contributed by atoms with van der Waals surface area (Å²) in [5, 5.41) is 13.5. The fourth-order valence-electron chi connectivity index (χ4n) is 15.4. The predicted molar refractivity (Wildman–Crippen MR) is 315 cm³/mol. The zero-order valence-corrected chi connectivity index (χ0v) is 53.0. The van der Waals surface area contributed by atoms with Crippen LogP contribution in [-0.2, 0) is 61.4 Å². The van der Waals surface area contributed by atoms with Crippen molar-refractivity contribution in [2.45, 2.75) is 243 Å². The van der Waals surface area contributed by atoms with E-state index in [4.69, 9.17) is 51.8 Å². The van der Waals surface area contributed by atoms with Crippen LogP contribution in [0.2, 0.25) is 5.04 Å². The molecule has 9 rings (SSSR count). The summed E-state index contributed by atoms with van der Waals surface area (Å²) in [6.45, 7) is 25.3. The van der Waals surface area contributed by atoms with Crippen LogP contribution in [-0.4, -0.2) is 149 Å². The Bertz CT molecular complexity index is 2510. The van der Waals surface area contributed by atoms with Gasteiger partial charge in [0.05, 0.1) is 43.2 Å². The number of aliphatic hydroxyl groups is 1.